The molecule has 0 saturated heterocycles. The van der Waals surface area contributed by atoms with Crippen molar-refractivity contribution in [1.82, 2.24) is 25.7 Å². The summed E-state index contributed by atoms with van der Waals surface area (Å²) in [7, 11) is 0. The predicted octanol–water partition coefficient (Wildman–Crippen LogP) is 5.64. The van der Waals surface area contributed by atoms with E-state index in [4.69, 9.17) is 4.52 Å². The van der Waals surface area contributed by atoms with Crippen LogP contribution in [0.15, 0.2) is 65.2 Å². The highest BCUT2D eigenvalue weighted by molar-refractivity contribution is 6.01. The van der Waals surface area contributed by atoms with E-state index in [-0.39, 0.29) is 41.4 Å². The number of hydrogen-bond donors (Lipinski definition) is 3. The zero-order chi connectivity index (χ0) is 33.9. The van der Waals surface area contributed by atoms with Crippen molar-refractivity contribution >= 4 is 11.8 Å². The molecule has 2 atom stereocenters. The summed E-state index contributed by atoms with van der Waals surface area (Å²) >= 11 is 0. The Morgan fingerprint density at radius 3 is 2.23 bits per heavy atom. The summed E-state index contributed by atoms with van der Waals surface area (Å²) in [5.41, 5.74) is 3.31. The first-order valence-corrected chi connectivity index (χ1v) is 16.1. The van der Waals surface area contributed by atoms with Crippen LogP contribution in [0.4, 0.5) is 8.78 Å². The molecule has 1 heterocycles. The number of aliphatic hydroxyl groups is 1. The molecule has 250 valence electrons. The van der Waals surface area contributed by atoms with Gasteiger partial charge in [-0.3, -0.25) is 9.59 Å². The molecule has 0 spiro atoms. The van der Waals surface area contributed by atoms with E-state index in [1.165, 1.54) is 23.8 Å². The maximum Gasteiger partial charge on any atom is 0.253 e. The summed E-state index contributed by atoms with van der Waals surface area (Å²) in [5.74, 6) is -1.82. The third-order valence-corrected chi connectivity index (χ3v) is 7.74. The lowest BCUT2D eigenvalue weighted by molar-refractivity contribution is 0.0755. The molecule has 0 aliphatic carbocycles. The molecule has 9 nitrogen and oxygen atoms in total. The Morgan fingerprint density at radius 1 is 0.915 bits per heavy atom. The molecule has 2 amide bonds. The number of carbonyl (C=O) groups is 2. The van der Waals surface area contributed by atoms with Crippen LogP contribution in [0.5, 0.6) is 0 Å². The van der Waals surface area contributed by atoms with Crippen molar-refractivity contribution in [2.45, 2.75) is 72.1 Å². The van der Waals surface area contributed by atoms with E-state index < -0.39 is 29.7 Å². The minimum Gasteiger partial charge on any atom is -0.390 e. The second-order valence-corrected chi connectivity index (χ2v) is 11.7. The quantitative estimate of drug-likeness (QED) is 0.144. The molecule has 4 rings (SSSR count). The summed E-state index contributed by atoms with van der Waals surface area (Å²) in [6.45, 7) is 9.35. The van der Waals surface area contributed by atoms with Gasteiger partial charge in [-0.25, -0.2) is 8.78 Å². The lowest BCUT2D eigenvalue weighted by Crippen LogP contribution is -2.48. The number of halogens is 2. The van der Waals surface area contributed by atoms with Crippen LogP contribution in [-0.2, 0) is 19.4 Å². The smallest absolute Gasteiger partial charge is 0.253 e. The number of carbonyl (C=O) groups excluding carboxylic acids is 2. The molecule has 0 fully saturated rings. The number of aryl methyl sites for hydroxylation is 2. The normalized spacial score (nSPS) is 12.5. The monoisotopic (exact) mass is 647 g/mol. The van der Waals surface area contributed by atoms with Crippen molar-refractivity contribution in [2.75, 3.05) is 19.6 Å². The third-order valence-electron chi connectivity index (χ3n) is 7.74. The molecule has 0 unspecified atom stereocenters. The highest BCUT2D eigenvalue weighted by Crippen LogP contribution is 2.22. The fourth-order valence-electron chi connectivity index (χ4n) is 5.45. The first kappa shape index (κ1) is 35.4. The van der Waals surface area contributed by atoms with Gasteiger partial charge in [0.1, 0.15) is 11.6 Å². The number of benzene rings is 3. The molecule has 3 aromatic carbocycles. The molecule has 0 aliphatic heterocycles. The molecule has 3 N–H and O–H groups in total. The SMILES string of the molecule is CCCN(CCC)C(=O)c1cc(C(=O)N[C@@H](Cc2cc(F)cc(F)c2)[C@H](O)CNCc2cccc(CC)c2)cc(-c2noc(C)n2)c1. The van der Waals surface area contributed by atoms with E-state index in [2.05, 4.69) is 33.8 Å². The summed E-state index contributed by atoms with van der Waals surface area (Å²) in [5, 5.41) is 21.3. The largest absolute Gasteiger partial charge is 0.390 e. The van der Waals surface area contributed by atoms with E-state index in [0.717, 1.165) is 30.9 Å². The lowest BCUT2D eigenvalue weighted by Gasteiger charge is -2.25. The van der Waals surface area contributed by atoms with Gasteiger partial charge in [-0.2, -0.15) is 4.98 Å². The molecule has 47 heavy (non-hydrogen) atoms. The van der Waals surface area contributed by atoms with Gasteiger partial charge in [-0.05, 0) is 72.7 Å². The van der Waals surface area contributed by atoms with Crippen molar-refractivity contribution in [3.05, 3.63) is 106 Å². The molecule has 11 heteroatoms. The minimum absolute atomic E-state index is 0.0507. The summed E-state index contributed by atoms with van der Waals surface area (Å²) in [6, 6.07) is 14.9. The van der Waals surface area contributed by atoms with Crippen molar-refractivity contribution < 1.29 is 28.0 Å². The standard InChI is InChI=1S/C36H43F2N5O4/c1-5-11-43(12-6-2)36(46)29-18-27(34-40-23(4)47-42-34)17-28(19-29)35(45)41-32(16-26-14-30(37)20-31(38)15-26)33(44)22-39-21-25-10-8-9-24(7-3)13-25/h8-10,13-15,17-20,32-33,39,44H,5-7,11-12,16,21-22H2,1-4H3,(H,41,45)/t32-,33+/m0/s1. The highest BCUT2D eigenvalue weighted by Gasteiger charge is 2.25. The topological polar surface area (TPSA) is 121 Å². The molecule has 0 bridgehead atoms. The molecule has 4 aromatic rings. The Bertz CT molecular complexity index is 1630. The van der Waals surface area contributed by atoms with Crippen molar-refractivity contribution in [3.8, 4) is 11.4 Å². The van der Waals surface area contributed by atoms with Gasteiger partial charge in [0.25, 0.3) is 11.8 Å². The Labute approximate surface area is 274 Å². The zero-order valence-electron chi connectivity index (χ0n) is 27.4. The van der Waals surface area contributed by atoms with Crippen LogP contribution >= 0.6 is 0 Å². The van der Waals surface area contributed by atoms with Gasteiger partial charge >= 0.3 is 0 Å². The van der Waals surface area contributed by atoms with Gasteiger partial charge < -0.3 is 25.2 Å². The van der Waals surface area contributed by atoms with Crippen molar-refractivity contribution in [2.24, 2.45) is 0 Å². The second-order valence-electron chi connectivity index (χ2n) is 11.7. The average molecular weight is 648 g/mol. The number of aliphatic hydroxyl groups excluding tert-OH is 1. The highest BCUT2D eigenvalue weighted by atomic mass is 19.1. The van der Waals surface area contributed by atoms with Crippen LogP contribution in [0.3, 0.4) is 0 Å². The maximum atomic E-state index is 14.1. The first-order chi connectivity index (χ1) is 22.6. The van der Waals surface area contributed by atoms with Gasteiger partial charge in [0.15, 0.2) is 0 Å². The molecule has 0 radical (unpaired) electrons. The third kappa shape index (κ3) is 10.0. The average Bonchev–Trinajstić information content (AvgIpc) is 3.49. The number of nitrogens with one attached hydrogen (secondary N) is 2. The lowest BCUT2D eigenvalue weighted by atomic mass is 9.99. The van der Waals surface area contributed by atoms with E-state index in [1.807, 2.05) is 32.0 Å². The molecular formula is C36H43F2N5O4. The van der Waals surface area contributed by atoms with Gasteiger partial charge in [0, 0.05) is 55.9 Å². The minimum atomic E-state index is -1.13. The van der Waals surface area contributed by atoms with Crippen LogP contribution in [0.2, 0.25) is 0 Å². The van der Waals surface area contributed by atoms with Crippen molar-refractivity contribution in [3.63, 3.8) is 0 Å². The molecular weight excluding hydrogens is 604 g/mol. The number of nitrogens with zero attached hydrogens (tertiary/aromatic N) is 3. The van der Waals surface area contributed by atoms with Crippen molar-refractivity contribution in [1.29, 1.82) is 0 Å². The molecule has 0 saturated carbocycles. The fraction of sp³-hybridized carbons (Fsp3) is 0.389. The Balaban J connectivity index is 1.62. The molecule has 1 aromatic heterocycles. The fourth-order valence-corrected chi connectivity index (χ4v) is 5.45. The first-order valence-electron chi connectivity index (χ1n) is 16.1. The van der Waals surface area contributed by atoms with Crippen LogP contribution in [0.1, 0.15) is 76.9 Å². The summed E-state index contributed by atoms with van der Waals surface area (Å²) < 4.78 is 33.4. The van der Waals surface area contributed by atoms with Gasteiger partial charge in [-0.15, -0.1) is 0 Å². The summed E-state index contributed by atoms with van der Waals surface area (Å²) in [4.78, 5) is 33.5. The van der Waals surface area contributed by atoms with Crippen LogP contribution in [0.25, 0.3) is 11.4 Å². The van der Waals surface area contributed by atoms with Gasteiger partial charge in [-0.1, -0.05) is 50.2 Å². The number of rotatable bonds is 16. The van der Waals surface area contributed by atoms with E-state index in [9.17, 15) is 23.5 Å². The Morgan fingerprint density at radius 2 is 1.60 bits per heavy atom. The van der Waals surface area contributed by atoms with Gasteiger partial charge in [0.2, 0.25) is 11.7 Å². The van der Waals surface area contributed by atoms with Gasteiger partial charge in [0.05, 0.1) is 12.1 Å². The van der Waals surface area contributed by atoms with E-state index in [1.54, 1.807) is 24.0 Å². The molecule has 0 aliphatic rings. The summed E-state index contributed by atoms with van der Waals surface area (Å²) in [6.07, 6.45) is 1.24. The van der Waals surface area contributed by atoms with E-state index in [0.29, 0.717) is 31.1 Å². The van der Waals surface area contributed by atoms with Crippen LogP contribution in [-0.4, -0.2) is 63.7 Å². The second kappa shape index (κ2) is 16.9. The van der Waals surface area contributed by atoms with Crippen LogP contribution in [0, 0.1) is 18.6 Å². The zero-order valence-corrected chi connectivity index (χ0v) is 27.4. The Kier molecular flexibility index (Phi) is 12.7. The Hall–Kier alpha value is -4.48. The number of amides is 2. The number of aromatic nitrogens is 2. The number of hydrogen-bond acceptors (Lipinski definition) is 7. The predicted molar refractivity (Wildman–Crippen MR) is 176 cm³/mol. The van der Waals surface area contributed by atoms with Crippen LogP contribution < -0.4 is 10.6 Å². The maximum absolute atomic E-state index is 14.1. The van der Waals surface area contributed by atoms with E-state index >= 15 is 0 Å².